The number of aliphatic imine (C=N–C) groups is 2. The van der Waals surface area contributed by atoms with Gasteiger partial charge in [0.2, 0.25) is 0 Å². The van der Waals surface area contributed by atoms with Crippen LogP contribution in [0.1, 0.15) is 11.1 Å². The first-order chi connectivity index (χ1) is 8.79. The zero-order valence-corrected chi connectivity index (χ0v) is 11.7. The van der Waals surface area contributed by atoms with E-state index in [0.29, 0.717) is 5.84 Å². The minimum absolute atomic E-state index is 0.653. The molecule has 2 rings (SSSR count). The molecule has 0 N–H and O–H groups in total. The van der Waals surface area contributed by atoms with E-state index >= 15 is 0 Å². The molecule has 0 radical (unpaired) electrons. The SMILES string of the molecule is Cc1ccc(C(N=C=[Se])=Nc2ccccc2)cc1. The van der Waals surface area contributed by atoms with E-state index in [4.69, 9.17) is 0 Å². The van der Waals surface area contributed by atoms with Crippen molar-refractivity contribution in [3.63, 3.8) is 0 Å². The molecule has 0 saturated heterocycles. The molecule has 2 aromatic carbocycles. The van der Waals surface area contributed by atoms with E-state index in [0.717, 1.165) is 11.3 Å². The summed E-state index contributed by atoms with van der Waals surface area (Å²) in [6.45, 7) is 2.06. The second-order valence-electron chi connectivity index (χ2n) is 3.84. The standard InChI is InChI=1S/C15H12N2Se/c1-12-7-9-13(10-8-12)15(16-11-18)17-14-5-3-2-4-6-14/h2-10H,1H3. The number of hydrogen-bond acceptors (Lipinski definition) is 1. The first-order valence-corrected chi connectivity index (χ1v) is 6.44. The predicted molar refractivity (Wildman–Crippen MR) is 77.0 cm³/mol. The molecule has 0 heterocycles. The van der Waals surface area contributed by atoms with E-state index < -0.39 is 0 Å². The van der Waals surface area contributed by atoms with Gasteiger partial charge in [-0.2, -0.15) is 0 Å². The molecule has 2 aromatic rings. The Morgan fingerprint density at radius 1 is 1.00 bits per heavy atom. The molecule has 0 spiro atoms. The molecule has 0 aliphatic heterocycles. The molecule has 0 aliphatic carbocycles. The topological polar surface area (TPSA) is 24.7 Å². The van der Waals surface area contributed by atoms with Crippen LogP contribution in [0.25, 0.3) is 0 Å². The van der Waals surface area contributed by atoms with Gasteiger partial charge in [0.15, 0.2) is 0 Å². The summed E-state index contributed by atoms with van der Waals surface area (Å²) in [5.41, 5.74) is 3.08. The van der Waals surface area contributed by atoms with Gasteiger partial charge in [-0.15, -0.1) is 0 Å². The molecule has 3 heteroatoms. The number of aryl methyl sites for hydroxylation is 1. The number of rotatable bonds is 2. The van der Waals surface area contributed by atoms with Gasteiger partial charge in [-0.3, -0.25) is 0 Å². The molecule has 0 amide bonds. The predicted octanol–water partition coefficient (Wildman–Crippen LogP) is 3.15. The first-order valence-electron chi connectivity index (χ1n) is 5.58. The van der Waals surface area contributed by atoms with E-state index in [2.05, 4.69) is 37.2 Å². The molecule has 18 heavy (non-hydrogen) atoms. The summed E-state index contributed by atoms with van der Waals surface area (Å²) in [7, 11) is 0. The summed E-state index contributed by atoms with van der Waals surface area (Å²) in [6, 6.07) is 17.9. The van der Waals surface area contributed by atoms with Gasteiger partial charge < -0.3 is 0 Å². The molecule has 0 saturated carbocycles. The van der Waals surface area contributed by atoms with Gasteiger partial charge in [0, 0.05) is 0 Å². The van der Waals surface area contributed by atoms with Crippen molar-refractivity contribution in [3.8, 4) is 0 Å². The zero-order chi connectivity index (χ0) is 12.8. The van der Waals surface area contributed by atoms with Crippen LogP contribution < -0.4 is 0 Å². The van der Waals surface area contributed by atoms with E-state index in [1.165, 1.54) is 5.56 Å². The van der Waals surface area contributed by atoms with E-state index in [-0.39, 0.29) is 0 Å². The van der Waals surface area contributed by atoms with Gasteiger partial charge in [0.1, 0.15) is 0 Å². The number of benzene rings is 2. The van der Waals surface area contributed by atoms with Crippen molar-refractivity contribution in [2.45, 2.75) is 6.92 Å². The third-order valence-electron chi connectivity index (χ3n) is 2.45. The Labute approximate surface area is 114 Å². The normalized spacial score (nSPS) is 10.8. The third-order valence-corrected chi connectivity index (χ3v) is 2.64. The molecule has 0 unspecified atom stereocenters. The van der Waals surface area contributed by atoms with Gasteiger partial charge in [-0.1, -0.05) is 0 Å². The fourth-order valence-corrected chi connectivity index (χ4v) is 1.71. The van der Waals surface area contributed by atoms with E-state index in [1.54, 1.807) is 0 Å². The van der Waals surface area contributed by atoms with Crippen LogP contribution in [-0.2, 0) is 0 Å². The number of para-hydroxylation sites is 1. The second kappa shape index (κ2) is 6.23. The minimum atomic E-state index is 0.653. The van der Waals surface area contributed by atoms with Crippen LogP contribution in [-0.4, -0.2) is 26.1 Å². The van der Waals surface area contributed by atoms with Crippen molar-refractivity contribution in [3.05, 3.63) is 65.7 Å². The summed E-state index contributed by atoms with van der Waals surface area (Å²) in [5, 5.41) is 0. The summed E-state index contributed by atoms with van der Waals surface area (Å²) in [5.74, 6) is 0.653. The molecule has 0 atom stereocenters. The molecule has 0 aromatic heterocycles. The Kier molecular flexibility index (Phi) is 4.38. The molecular weight excluding hydrogens is 287 g/mol. The number of nitrogens with zero attached hydrogens (tertiary/aromatic N) is 2. The van der Waals surface area contributed by atoms with Gasteiger partial charge in [0.25, 0.3) is 0 Å². The molecular formula is C15H12N2Se. The summed E-state index contributed by atoms with van der Waals surface area (Å²) < 4.78 is 2.67. The Bertz CT molecular complexity index is 594. The van der Waals surface area contributed by atoms with Gasteiger partial charge in [-0.05, 0) is 0 Å². The molecule has 88 valence electrons. The Morgan fingerprint density at radius 3 is 2.28 bits per heavy atom. The maximum atomic E-state index is 4.52. The maximum absolute atomic E-state index is 4.52. The summed E-state index contributed by atoms with van der Waals surface area (Å²) >= 11 is 2.64. The summed E-state index contributed by atoms with van der Waals surface area (Å²) in [6.07, 6.45) is 0. The van der Waals surface area contributed by atoms with Gasteiger partial charge >= 0.3 is 114 Å². The molecule has 0 aliphatic rings. The third kappa shape index (κ3) is 3.35. The molecule has 0 fully saturated rings. The fraction of sp³-hybridized carbons (Fsp3) is 0.0667. The van der Waals surface area contributed by atoms with Crippen molar-refractivity contribution >= 4 is 31.8 Å². The van der Waals surface area contributed by atoms with Crippen LogP contribution in [0.2, 0.25) is 0 Å². The van der Waals surface area contributed by atoms with Crippen molar-refractivity contribution < 1.29 is 0 Å². The van der Waals surface area contributed by atoms with Crippen molar-refractivity contribution in [2.75, 3.05) is 0 Å². The van der Waals surface area contributed by atoms with Crippen LogP contribution >= 0.6 is 0 Å². The van der Waals surface area contributed by atoms with Crippen LogP contribution in [0.3, 0.4) is 0 Å². The Balaban J connectivity index is 2.43. The Hall–Kier alpha value is -1.79. The van der Waals surface area contributed by atoms with Gasteiger partial charge in [0.05, 0.1) is 0 Å². The van der Waals surface area contributed by atoms with Crippen LogP contribution in [0.15, 0.2) is 64.6 Å². The number of amidine groups is 1. The summed E-state index contributed by atoms with van der Waals surface area (Å²) in [4.78, 5) is 8.68. The quantitative estimate of drug-likeness (QED) is 0.462. The van der Waals surface area contributed by atoms with Gasteiger partial charge in [-0.25, -0.2) is 0 Å². The molecule has 0 bridgehead atoms. The monoisotopic (exact) mass is 300 g/mol. The average molecular weight is 299 g/mol. The van der Waals surface area contributed by atoms with Crippen molar-refractivity contribution in [1.82, 2.24) is 0 Å². The van der Waals surface area contributed by atoms with Crippen LogP contribution in [0.4, 0.5) is 5.69 Å². The average Bonchev–Trinajstić information content (AvgIpc) is 2.40. The van der Waals surface area contributed by atoms with E-state index in [1.807, 2.05) is 54.6 Å². The second-order valence-corrected chi connectivity index (χ2v) is 4.22. The van der Waals surface area contributed by atoms with E-state index in [9.17, 15) is 0 Å². The van der Waals surface area contributed by atoms with Crippen molar-refractivity contribution in [1.29, 1.82) is 0 Å². The Morgan fingerprint density at radius 2 is 1.67 bits per heavy atom. The van der Waals surface area contributed by atoms with Crippen LogP contribution in [0.5, 0.6) is 0 Å². The zero-order valence-electron chi connectivity index (χ0n) is 10.00. The first kappa shape index (κ1) is 12.7. The number of hydrogen-bond donors (Lipinski definition) is 0. The van der Waals surface area contributed by atoms with Crippen LogP contribution in [0, 0.1) is 6.92 Å². The molecule has 2 nitrogen and oxygen atoms in total. The van der Waals surface area contributed by atoms with Crippen molar-refractivity contribution in [2.24, 2.45) is 9.98 Å². The fourth-order valence-electron chi connectivity index (χ4n) is 1.52.